The maximum absolute atomic E-state index is 12.2. The first-order valence-electron chi connectivity index (χ1n) is 5.69. The number of hydrogen-bond acceptors (Lipinski definition) is 4. The molecule has 1 atom stereocenters. The molecule has 0 aliphatic rings. The number of hydrogen-bond donors (Lipinski definition) is 1. The molecule has 6 heteroatoms. The van der Waals surface area contributed by atoms with Crippen molar-refractivity contribution in [3.63, 3.8) is 0 Å². The van der Waals surface area contributed by atoms with E-state index in [4.69, 9.17) is 15.3 Å². The Morgan fingerprint density at radius 2 is 1.84 bits per heavy atom. The molecule has 2 N–H and O–H groups in total. The van der Waals surface area contributed by atoms with E-state index in [9.17, 15) is 9.59 Å². The number of rotatable bonds is 6. The fraction of sp³-hybridized carbons (Fsp3) is 0.385. The third-order valence-corrected chi connectivity index (χ3v) is 2.95. The molecule has 0 unspecified atom stereocenters. The van der Waals surface area contributed by atoms with Gasteiger partial charge < -0.3 is 10.5 Å². The van der Waals surface area contributed by atoms with Crippen molar-refractivity contribution in [2.45, 2.75) is 12.0 Å². The SMILES string of the molecule is CON(C)C(=O)[C@](Cc1ccccc1)(OC)C(N)=O. The predicted molar refractivity (Wildman–Crippen MR) is 68.9 cm³/mol. The number of likely N-dealkylation sites (N-methyl/N-ethyl adjacent to an activating group) is 1. The smallest absolute Gasteiger partial charge is 0.288 e. The summed E-state index contributed by atoms with van der Waals surface area (Å²) in [4.78, 5) is 28.8. The Hall–Kier alpha value is -1.92. The highest BCUT2D eigenvalue weighted by atomic mass is 16.7. The first-order chi connectivity index (χ1) is 8.97. The van der Waals surface area contributed by atoms with Gasteiger partial charge in [-0.1, -0.05) is 30.3 Å². The van der Waals surface area contributed by atoms with Crippen LogP contribution in [0.5, 0.6) is 0 Å². The van der Waals surface area contributed by atoms with Gasteiger partial charge in [-0.2, -0.15) is 0 Å². The summed E-state index contributed by atoms with van der Waals surface area (Å²) < 4.78 is 5.14. The van der Waals surface area contributed by atoms with E-state index >= 15 is 0 Å². The maximum atomic E-state index is 12.2. The van der Waals surface area contributed by atoms with Crippen molar-refractivity contribution in [3.8, 4) is 0 Å². The van der Waals surface area contributed by atoms with Gasteiger partial charge in [0.25, 0.3) is 11.8 Å². The number of benzene rings is 1. The van der Waals surface area contributed by atoms with E-state index in [0.717, 1.165) is 10.6 Å². The lowest BCUT2D eigenvalue weighted by Gasteiger charge is -2.30. The summed E-state index contributed by atoms with van der Waals surface area (Å²) in [6.45, 7) is 0. The first-order valence-corrected chi connectivity index (χ1v) is 5.69. The van der Waals surface area contributed by atoms with E-state index < -0.39 is 17.4 Å². The minimum absolute atomic E-state index is 0.0478. The second kappa shape index (κ2) is 6.31. The van der Waals surface area contributed by atoms with Gasteiger partial charge in [-0.05, 0) is 5.56 Å². The Bertz CT molecular complexity index is 449. The molecule has 1 aromatic rings. The normalized spacial score (nSPS) is 13.6. The van der Waals surface area contributed by atoms with Crippen molar-refractivity contribution in [1.29, 1.82) is 0 Å². The number of nitrogens with zero attached hydrogens (tertiary/aromatic N) is 1. The van der Waals surface area contributed by atoms with Crippen molar-refractivity contribution in [2.24, 2.45) is 5.73 Å². The molecule has 1 rings (SSSR count). The number of ether oxygens (including phenoxy) is 1. The molecular weight excluding hydrogens is 248 g/mol. The van der Waals surface area contributed by atoms with E-state index in [2.05, 4.69) is 0 Å². The van der Waals surface area contributed by atoms with Crippen LogP contribution in [0.25, 0.3) is 0 Å². The van der Waals surface area contributed by atoms with E-state index in [-0.39, 0.29) is 6.42 Å². The fourth-order valence-electron chi connectivity index (χ4n) is 1.75. The van der Waals surface area contributed by atoms with Crippen LogP contribution in [0.15, 0.2) is 30.3 Å². The van der Waals surface area contributed by atoms with Crippen molar-refractivity contribution in [2.75, 3.05) is 21.3 Å². The number of methoxy groups -OCH3 is 1. The van der Waals surface area contributed by atoms with Crippen molar-refractivity contribution in [3.05, 3.63) is 35.9 Å². The van der Waals surface area contributed by atoms with Crippen LogP contribution in [0.4, 0.5) is 0 Å². The quantitative estimate of drug-likeness (QED) is 0.585. The molecule has 0 fully saturated rings. The summed E-state index contributed by atoms with van der Waals surface area (Å²) in [5.74, 6) is -1.50. The van der Waals surface area contributed by atoms with Crippen LogP contribution in [-0.2, 0) is 25.6 Å². The van der Waals surface area contributed by atoms with Gasteiger partial charge >= 0.3 is 0 Å². The molecule has 0 aliphatic heterocycles. The second-order valence-corrected chi connectivity index (χ2v) is 4.04. The van der Waals surface area contributed by atoms with Gasteiger partial charge in [0, 0.05) is 20.6 Å². The standard InChI is InChI=1S/C13H18N2O4/c1-15(19-3)12(17)13(18-2,11(14)16)9-10-7-5-4-6-8-10/h4-8H,9H2,1-3H3,(H2,14,16)/t13-/m1/s1. The van der Waals surface area contributed by atoms with E-state index in [1.807, 2.05) is 6.07 Å². The van der Waals surface area contributed by atoms with Gasteiger partial charge in [0.1, 0.15) is 0 Å². The molecule has 0 bridgehead atoms. The Kier molecular flexibility index (Phi) is 5.02. The van der Waals surface area contributed by atoms with Crippen molar-refractivity contribution in [1.82, 2.24) is 5.06 Å². The van der Waals surface area contributed by atoms with Crippen molar-refractivity contribution < 1.29 is 19.2 Å². The zero-order valence-corrected chi connectivity index (χ0v) is 11.3. The highest BCUT2D eigenvalue weighted by molar-refractivity contribution is 6.07. The largest absolute Gasteiger partial charge is 0.367 e. The Labute approximate surface area is 112 Å². The fourth-order valence-corrected chi connectivity index (χ4v) is 1.75. The number of primary amides is 1. The molecule has 1 aromatic carbocycles. The van der Waals surface area contributed by atoms with Gasteiger partial charge in [-0.3, -0.25) is 14.4 Å². The monoisotopic (exact) mass is 266 g/mol. The lowest BCUT2D eigenvalue weighted by molar-refractivity contribution is -0.192. The molecule has 0 radical (unpaired) electrons. The van der Waals surface area contributed by atoms with Gasteiger partial charge in [0.15, 0.2) is 0 Å². The number of carbonyl (C=O) groups excluding carboxylic acids is 2. The lowest BCUT2D eigenvalue weighted by atomic mass is 9.92. The van der Waals surface area contributed by atoms with Gasteiger partial charge in [0.2, 0.25) is 5.60 Å². The average molecular weight is 266 g/mol. The van der Waals surface area contributed by atoms with Crippen LogP contribution in [-0.4, -0.2) is 43.7 Å². The molecule has 0 saturated carbocycles. The highest BCUT2D eigenvalue weighted by Gasteiger charge is 2.47. The lowest BCUT2D eigenvalue weighted by Crippen LogP contribution is -2.58. The minimum atomic E-state index is -1.77. The van der Waals surface area contributed by atoms with Gasteiger partial charge in [-0.25, -0.2) is 5.06 Å². The molecule has 0 spiro atoms. The zero-order valence-electron chi connectivity index (χ0n) is 11.3. The minimum Gasteiger partial charge on any atom is -0.367 e. The summed E-state index contributed by atoms with van der Waals surface area (Å²) >= 11 is 0. The molecule has 0 aromatic heterocycles. The molecule has 2 amide bonds. The highest BCUT2D eigenvalue weighted by Crippen LogP contribution is 2.20. The molecule has 0 aliphatic carbocycles. The second-order valence-electron chi connectivity index (χ2n) is 4.04. The van der Waals surface area contributed by atoms with Crippen LogP contribution in [0.2, 0.25) is 0 Å². The van der Waals surface area contributed by atoms with E-state index in [1.54, 1.807) is 24.3 Å². The van der Waals surface area contributed by atoms with Gasteiger partial charge in [-0.15, -0.1) is 0 Å². The number of carbonyl (C=O) groups is 2. The number of amides is 2. The number of nitrogens with two attached hydrogens (primary N) is 1. The van der Waals surface area contributed by atoms with Crippen molar-refractivity contribution >= 4 is 11.8 Å². The topological polar surface area (TPSA) is 81.9 Å². The predicted octanol–water partition coefficient (Wildman–Crippen LogP) is 0.119. The summed E-state index contributed by atoms with van der Waals surface area (Å²) in [5, 5.41) is 0.928. The van der Waals surface area contributed by atoms with Crippen LogP contribution in [0.1, 0.15) is 5.56 Å². The molecule has 104 valence electrons. The molecule has 0 heterocycles. The first kappa shape index (κ1) is 15.1. The summed E-state index contributed by atoms with van der Waals surface area (Å²) in [5.41, 5.74) is 4.35. The average Bonchev–Trinajstić information content (AvgIpc) is 2.44. The summed E-state index contributed by atoms with van der Waals surface area (Å²) in [6, 6.07) is 9.03. The van der Waals surface area contributed by atoms with Crippen LogP contribution in [0, 0.1) is 0 Å². The molecular formula is C13H18N2O4. The maximum Gasteiger partial charge on any atom is 0.288 e. The Morgan fingerprint density at radius 1 is 1.26 bits per heavy atom. The Morgan fingerprint density at radius 3 is 2.26 bits per heavy atom. The Balaban J connectivity index is 3.13. The van der Waals surface area contributed by atoms with Crippen LogP contribution in [0.3, 0.4) is 0 Å². The summed E-state index contributed by atoms with van der Waals surface area (Å²) in [6.07, 6.45) is 0.0478. The number of hydroxylamine groups is 2. The molecule has 6 nitrogen and oxygen atoms in total. The third-order valence-electron chi connectivity index (χ3n) is 2.95. The van der Waals surface area contributed by atoms with E-state index in [1.165, 1.54) is 21.3 Å². The van der Waals surface area contributed by atoms with Crippen LogP contribution < -0.4 is 5.73 Å². The van der Waals surface area contributed by atoms with Gasteiger partial charge in [0.05, 0.1) is 7.11 Å². The summed E-state index contributed by atoms with van der Waals surface area (Å²) in [7, 11) is 3.99. The van der Waals surface area contributed by atoms with Crippen LogP contribution >= 0.6 is 0 Å². The van der Waals surface area contributed by atoms with E-state index in [0.29, 0.717) is 0 Å². The zero-order chi connectivity index (χ0) is 14.5. The third kappa shape index (κ3) is 3.10. The molecule has 19 heavy (non-hydrogen) atoms. The molecule has 0 saturated heterocycles.